The van der Waals surface area contributed by atoms with Gasteiger partial charge in [-0.05, 0) is 278 Å². The van der Waals surface area contributed by atoms with Crippen molar-refractivity contribution < 1.29 is 37.9 Å². The van der Waals surface area contributed by atoms with Gasteiger partial charge in [-0.1, -0.05) is 0 Å². The molecule has 0 spiro atoms. The molecule has 8 aliphatic heterocycles. The molecule has 32 nitrogen and oxygen atoms in total. The number of hydrogen-bond donors (Lipinski definition) is 2. The zero-order valence-electron chi connectivity index (χ0n) is 88.3. The molecule has 0 unspecified atom stereocenters. The van der Waals surface area contributed by atoms with Crippen LogP contribution in [0.4, 0.5) is 23.8 Å². The number of nitrogens with zero attached hydrogens (tertiary/aromatic N) is 22. The summed E-state index contributed by atoms with van der Waals surface area (Å²) in [6.45, 7) is 74.4. The van der Waals surface area contributed by atoms with Gasteiger partial charge in [0.2, 0.25) is 23.8 Å². The Balaban J connectivity index is 0.987. The summed E-state index contributed by atoms with van der Waals surface area (Å²) in [6.07, 6.45) is 10.0. The number of nitrogens with one attached hydrogen (secondary N) is 2. The molecule has 12 heterocycles. The molecule has 32 heteroatoms. The normalized spacial score (nSPS) is 26.2. The van der Waals surface area contributed by atoms with Gasteiger partial charge in [-0.25, -0.2) is 0 Å². The van der Waals surface area contributed by atoms with E-state index in [9.17, 15) is 0 Å². The number of hydrogen-bond acceptors (Lipinski definition) is 32. The van der Waals surface area contributed by atoms with Crippen molar-refractivity contribution in [3.05, 3.63) is 0 Å². The molecule has 8 fully saturated rings. The third-order valence-corrected chi connectivity index (χ3v) is 33.2. The molecule has 130 heavy (non-hydrogen) atoms. The molecule has 4 aromatic heterocycles. The minimum atomic E-state index is -0.259. The van der Waals surface area contributed by atoms with E-state index in [0.717, 1.165) is 103 Å². The van der Waals surface area contributed by atoms with Gasteiger partial charge in [0, 0.05) is 231 Å². The fourth-order valence-electron chi connectivity index (χ4n) is 23.8. The van der Waals surface area contributed by atoms with E-state index < -0.39 is 0 Å². The van der Waals surface area contributed by atoms with E-state index in [1.54, 1.807) is 0 Å². The summed E-state index contributed by atoms with van der Waals surface area (Å²) >= 11 is 0. The Labute approximate surface area is 782 Å². The van der Waals surface area contributed by atoms with Gasteiger partial charge in [-0.15, -0.1) is 19.9 Å². The lowest BCUT2D eigenvalue weighted by Crippen LogP contribution is -2.60. The molecular formula is C98H174N24O8. The van der Waals surface area contributed by atoms with Crippen molar-refractivity contribution in [2.24, 2.45) is 0 Å². The fraction of sp³-hybridized carbons (Fsp3) is 0.878. The van der Waals surface area contributed by atoms with E-state index in [-0.39, 0.29) is 225 Å². The average molecular weight is 1820 g/mol. The van der Waals surface area contributed by atoms with Gasteiger partial charge >= 0.3 is 48.1 Å². The van der Waals surface area contributed by atoms with Gasteiger partial charge < -0.3 is 58.3 Å². The van der Waals surface area contributed by atoms with Crippen LogP contribution in [0.3, 0.4) is 0 Å². The quantitative estimate of drug-likeness (QED) is 0.0511. The summed E-state index contributed by atoms with van der Waals surface area (Å²) in [6, 6.07) is 1.46. The highest BCUT2D eigenvalue weighted by molar-refractivity contribution is 5.39. The monoisotopic (exact) mass is 1820 g/mol. The van der Waals surface area contributed by atoms with Gasteiger partial charge in [0.1, 0.15) is 48.8 Å². The van der Waals surface area contributed by atoms with Crippen LogP contribution in [-0.4, -0.2) is 332 Å². The SMILES string of the molecule is CN1C(C)(C)CC(Oc2nc(NCCN(CCN(CCNc3nc(OC4CC(C)(C)N(C)C(C)(C)C4)nc(OC4CC(C)(C)N(C)C(C)(C)C4)n3)c3nc(OC4CC(C)(C)N(C)C(C)(C)C4)nc(OC4CC(C)(C)N(C)C(C)(C)C4)n3)c3nc(OC4CC(C)(C)N(C)C(C)(C)C4)nc(OC4CC(C)(C)N(C)C(C)(C)C4)n3)nc(OC3CC(C)(C)N(C)C(C)(C)C3)n2)CC1(C)C. The fourth-order valence-corrected chi connectivity index (χ4v) is 23.8. The number of piperidine rings is 8. The highest BCUT2D eigenvalue weighted by Gasteiger charge is 2.53. The molecule has 0 saturated carbocycles. The number of anilines is 4. The van der Waals surface area contributed by atoms with Crippen molar-refractivity contribution >= 4 is 23.8 Å². The molecule has 0 aliphatic carbocycles. The molecule has 734 valence electrons. The van der Waals surface area contributed by atoms with Crippen LogP contribution in [0, 0.1) is 0 Å². The van der Waals surface area contributed by atoms with Gasteiger partial charge in [0.05, 0.1) is 0 Å². The standard InChI is InChI=1S/C98H174N24O8/c1-83(2)47-63(48-84(3,4)113(83)33)123-75-101-71(102-76(109-75)124-64-49-85(5,6)114(34)86(7,8)50-64)99-41-43-121(73-105-79(127-67-55-91(17,18)117(37)92(19,20)56-67)111-80(106-73)128-68-57-93(21,22)118(38)94(23,24)58-68)45-46-122(74-107-81(129-69-59-95(25,26)119(39)96(27,28)60-69)112-82(108-74)130-70-61-97(29,30)120(40)98(31,32)62-70)44-42-100-72-103-77(125-65-51-87(9,10)115(35)88(11,12)52-65)110-78(104-72)126-66-53-89(13,14)116(36)90(15,16)54-66/h63-70H,41-62H2,1-40H3,(H,99,101,102,109)(H,100,103,104,110). The maximum Gasteiger partial charge on any atom is 0.324 e. The highest BCUT2D eigenvalue weighted by atomic mass is 16.5. The van der Waals surface area contributed by atoms with E-state index in [1.807, 2.05) is 0 Å². The van der Waals surface area contributed by atoms with Crippen LogP contribution < -0.4 is 58.3 Å². The Morgan fingerprint density at radius 2 is 0.323 bits per heavy atom. The van der Waals surface area contributed by atoms with Crippen LogP contribution in [0.25, 0.3) is 0 Å². The zero-order valence-corrected chi connectivity index (χ0v) is 88.3. The molecule has 0 amide bonds. The molecule has 0 aromatic carbocycles. The molecule has 12 rings (SSSR count). The number of likely N-dealkylation sites (tertiary alicyclic amines) is 8. The number of aromatic nitrogens is 12. The molecule has 8 aliphatic rings. The van der Waals surface area contributed by atoms with E-state index in [1.165, 1.54) is 0 Å². The van der Waals surface area contributed by atoms with Crippen molar-refractivity contribution in [3.8, 4) is 48.1 Å². The second kappa shape index (κ2) is 36.1. The van der Waals surface area contributed by atoms with E-state index in [2.05, 4.69) is 338 Å². The van der Waals surface area contributed by atoms with Gasteiger partial charge in [0.15, 0.2) is 0 Å². The van der Waals surface area contributed by atoms with E-state index in [4.69, 9.17) is 97.7 Å². The van der Waals surface area contributed by atoms with Crippen LogP contribution in [0.2, 0.25) is 0 Å². The largest absolute Gasteiger partial charge is 0.460 e. The second-order valence-corrected chi connectivity index (χ2v) is 50.3. The first kappa shape index (κ1) is 102. The van der Waals surface area contributed by atoms with Gasteiger partial charge in [-0.3, -0.25) is 39.2 Å². The van der Waals surface area contributed by atoms with Gasteiger partial charge in [0.25, 0.3) is 0 Å². The van der Waals surface area contributed by atoms with Crippen molar-refractivity contribution in [3.63, 3.8) is 0 Å². The van der Waals surface area contributed by atoms with Crippen LogP contribution in [0.15, 0.2) is 0 Å². The smallest absolute Gasteiger partial charge is 0.324 e. The van der Waals surface area contributed by atoms with Crippen LogP contribution in [0.1, 0.15) is 324 Å². The molecule has 0 atom stereocenters. The Kier molecular flexibility index (Phi) is 28.4. The predicted molar refractivity (Wildman–Crippen MR) is 517 cm³/mol. The summed E-state index contributed by atoms with van der Waals surface area (Å²) in [4.78, 5) is 86.7. The third kappa shape index (κ3) is 23.3. The Bertz CT molecular complexity index is 3890. The first-order valence-electron chi connectivity index (χ1n) is 48.6. The lowest BCUT2D eigenvalue weighted by atomic mass is 9.79. The Hall–Kier alpha value is -6.68. The topological polar surface area (TPSA) is 285 Å². The molecule has 0 bridgehead atoms. The van der Waals surface area contributed by atoms with Gasteiger partial charge in [-0.2, -0.15) is 39.9 Å². The minimum Gasteiger partial charge on any atom is -0.460 e. The van der Waals surface area contributed by atoms with Crippen LogP contribution in [-0.2, 0) is 0 Å². The number of ether oxygens (including phenoxy) is 8. The molecule has 4 aromatic rings. The van der Waals surface area contributed by atoms with E-state index >= 15 is 0 Å². The maximum absolute atomic E-state index is 7.24. The van der Waals surface area contributed by atoms with Crippen molar-refractivity contribution in [1.82, 2.24) is 99.0 Å². The third-order valence-electron chi connectivity index (χ3n) is 33.2. The Morgan fingerprint density at radius 1 is 0.200 bits per heavy atom. The first-order chi connectivity index (χ1) is 59.4. The molecule has 2 N–H and O–H groups in total. The highest BCUT2D eigenvalue weighted by Crippen LogP contribution is 2.48. The molecule has 0 radical (unpaired) electrons. The van der Waals surface area contributed by atoms with E-state index in [0.29, 0.717) is 23.8 Å². The summed E-state index contributed by atoms with van der Waals surface area (Å²) in [5.74, 6) is 1.27. The van der Waals surface area contributed by atoms with Crippen LogP contribution in [0.5, 0.6) is 48.1 Å². The lowest BCUT2D eigenvalue weighted by Gasteiger charge is -2.53. The first-order valence-corrected chi connectivity index (χ1v) is 48.6. The second-order valence-electron chi connectivity index (χ2n) is 50.3. The lowest BCUT2D eigenvalue weighted by molar-refractivity contribution is -0.0617. The predicted octanol–water partition coefficient (Wildman–Crippen LogP) is 15.2. The average Bonchev–Trinajstić information content (AvgIpc) is 0.796. The summed E-state index contributed by atoms with van der Waals surface area (Å²) < 4.78 is 57.0. The van der Waals surface area contributed by atoms with Crippen molar-refractivity contribution in [2.75, 3.05) is 116 Å². The number of rotatable bonds is 29. The maximum atomic E-state index is 7.24. The zero-order chi connectivity index (χ0) is 96.4. The van der Waals surface area contributed by atoms with Crippen molar-refractivity contribution in [2.45, 2.75) is 462 Å². The Morgan fingerprint density at radius 3 is 0.454 bits per heavy atom. The summed E-state index contributed by atoms with van der Waals surface area (Å²) in [5, 5.41) is 7.39. The summed E-state index contributed by atoms with van der Waals surface area (Å²) in [5.41, 5.74) is -3.23. The summed E-state index contributed by atoms with van der Waals surface area (Å²) in [7, 11) is 17.6. The molecular weight excluding hydrogens is 1640 g/mol. The minimum absolute atomic E-state index is 0.172. The molecule has 8 saturated heterocycles. The van der Waals surface area contributed by atoms with Crippen molar-refractivity contribution in [1.29, 1.82) is 0 Å². The van der Waals surface area contributed by atoms with Crippen LogP contribution >= 0.6 is 0 Å².